The maximum absolute atomic E-state index is 13.4. The molecule has 0 aliphatic heterocycles. The lowest BCUT2D eigenvalue weighted by Gasteiger charge is -2.10. The zero-order valence-corrected chi connectivity index (χ0v) is 18.1. The van der Waals surface area contributed by atoms with Crippen LogP contribution in [0.15, 0.2) is 54.6 Å². The van der Waals surface area contributed by atoms with E-state index in [2.05, 4.69) is 27.4 Å². The maximum atomic E-state index is 13.4. The Balaban J connectivity index is 1.81. The van der Waals surface area contributed by atoms with E-state index in [9.17, 15) is 9.18 Å². The fourth-order valence-corrected chi connectivity index (χ4v) is 3.61. The lowest BCUT2D eigenvalue weighted by Crippen LogP contribution is -2.24. The van der Waals surface area contributed by atoms with Crippen molar-refractivity contribution in [3.8, 4) is 28.3 Å². The molecule has 0 unspecified atom stereocenters. The van der Waals surface area contributed by atoms with Gasteiger partial charge in [0.05, 0.1) is 29.4 Å². The van der Waals surface area contributed by atoms with Gasteiger partial charge in [-0.2, -0.15) is 5.10 Å². The number of unbranched alkanes of at least 4 members (excludes halogenated alkanes) is 2. The Labute approximate surface area is 185 Å². The molecule has 7 heteroatoms. The van der Waals surface area contributed by atoms with Crippen LogP contribution in [0.4, 0.5) is 4.39 Å². The largest absolute Gasteiger partial charge is 0.497 e. The molecule has 0 spiro atoms. The summed E-state index contributed by atoms with van der Waals surface area (Å²) < 4.78 is 18.6. The first kappa shape index (κ1) is 21.5. The van der Waals surface area contributed by atoms with Crippen LogP contribution in [-0.2, 0) is 0 Å². The minimum absolute atomic E-state index is 0.187. The number of aromatic nitrogens is 3. The summed E-state index contributed by atoms with van der Waals surface area (Å²) in [5, 5.41) is 11.1. The van der Waals surface area contributed by atoms with E-state index in [1.54, 1.807) is 25.3 Å². The van der Waals surface area contributed by atoms with E-state index in [0.717, 1.165) is 30.6 Å². The number of rotatable bonds is 8. The van der Waals surface area contributed by atoms with E-state index >= 15 is 0 Å². The molecule has 0 atom stereocenters. The Hall–Kier alpha value is -3.74. The van der Waals surface area contributed by atoms with Gasteiger partial charge in [-0.25, -0.2) is 9.37 Å². The van der Waals surface area contributed by atoms with Crippen molar-refractivity contribution in [3.05, 3.63) is 66.0 Å². The van der Waals surface area contributed by atoms with Crippen molar-refractivity contribution in [2.75, 3.05) is 13.7 Å². The van der Waals surface area contributed by atoms with Crippen LogP contribution in [0.1, 0.15) is 36.5 Å². The summed E-state index contributed by atoms with van der Waals surface area (Å²) >= 11 is 0. The van der Waals surface area contributed by atoms with E-state index in [4.69, 9.17) is 4.74 Å². The molecule has 0 fully saturated rings. The van der Waals surface area contributed by atoms with Gasteiger partial charge in [-0.1, -0.05) is 19.8 Å². The van der Waals surface area contributed by atoms with Gasteiger partial charge in [0, 0.05) is 17.7 Å². The number of aromatic amines is 1. The Bertz CT molecular complexity index is 1220. The SMILES string of the molecule is CCCCCNC(=O)c1cc(-c2ccc(F)cc2)nc2n[nH]c(-c3ccc(OC)cc3)c12. The number of halogens is 1. The highest BCUT2D eigenvalue weighted by Gasteiger charge is 2.20. The van der Waals surface area contributed by atoms with Crippen molar-refractivity contribution < 1.29 is 13.9 Å². The molecule has 4 aromatic rings. The van der Waals surface area contributed by atoms with Crippen molar-refractivity contribution in [1.29, 1.82) is 0 Å². The van der Waals surface area contributed by atoms with Crippen molar-refractivity contribution in [1.82, 2.24) is 20.5 Å². The van der Waals surface area contributed by atoms with Crippen molar-refractivity contribution in [2.24, 2.45) is 0 Å². The molecule has 2 heterocycles. The number of carbonyl (C=O) groups is 1. The summed E-state index contributed by atoms with van der Waals surface area (Å²) in [4.78, 5) is 17.8. The zero-order chi connectivity index (χ0) is 22.5. The number of ether oxygens (including phenoxy) is 1. The van der Waals surface area contributed by atoms with Crippen LogP contribution >= 0.6 is 0 Å². The molecule has 164 valence electrons. The first-order valence-corrected chi connectivity index (χ1v) is 10.7. The molecule has 0 radical (unpaired) electrons. The fraction of sp³-hybridized carbons (Fsp3) is 0.240. The number of carbonyl (C=O) groups excluding carboxylic acids is 1. The van der Waals surface area contributed by atoms with Gasteiger partial charge in [-0.15, -0.1) is 0 Å². The predicted octanol–water partition coefficient (Wildman–Crippen LogP) is 5.36. The predicted molar refractivity (Wildman–Crippen MR) is 123 cm³/mol. The number of hydrogen-bond acceptors (Lipinski definition) is 4. The lowest BCUT2D eigenvalue weighted by molar-refractivity contribution is 0.0954. The molecule has 32 heavy (non-hydrogen) atoms. The average Bonchev–Trinajstić information content (AvgIpc) is 3.25. The standard InChI is InChI=1S/C25H25FN4O2/c1-3-4-5-14-27-25(31)20-15-21(16-6-10-18(26)11-7-16)28-24-22(20)23(29-30-24)17-8-12-19(32-2)13-9-17/h6-13,15H,3-5,14H2,1-2H3,(H,27,31)(H,28,29,30). The minimum Gasteiger partial charge on any atom is -0.497 e. The minimum atomic E-state index is -0.328. The second-order valence-corrected chi connectivity index (χ2v) is 7.55. The topological polar surface area (TPSA) is 79.9 Å². The molecule has 0 saturated heterocycles. The normalized spacial score (nSPS) is 11.0. The molecule has 2 aromatic carbocycles. The molecule has 1 amide bonds. The number of methoxy groups -OCH3 is 1. The number of nitrogens with zero attached hydrogens (tertiary/aromatic N) is 2. The first-order chi connectivity index (χ1) is 15.6. The highest BCUT2D eigenvalue weighted by atomic mass is 19.1. The number of amides is 1. The zero-order valence-electron chi connectivity index (χ0n) is 18.1. The summed E-state index contributed by atoms with van der Waals surface area (Å²) in [6, 6.07) is 15.3. The number of nitrogens with one attached hydrogen (secondary N) is 2. The van der Waals surface area contributed by atoms with Crippen LogP contribution in [0, 0.1) is 5.82 Å². The van der Waals surface area contributed by atoms with E-state index in [1.807, 2.05) is 24.3 Å². The van der Waals surface area contributed by atoms with Gasteiger partial charge in [0.15, 0.2) is 5.65 Å². The molecule has 0 saturated carbocycles. The van der Waals surface area contributed by atoms with Gasteiger partial charge < -0.3 is 10.1 Å². The van der Waals surface area contributed by atoms with Gasteiger partial charge in [-0.3, -0.25) is 9.89 Å². The highest BCUT2D eigenvalue weighted by molar-refractivity contribution is 6.11. The summed E-state index contributed by atoms with van der Waals surface area (Å²) in [5.41, 5.74) is 3.75. The smallest absolute Gasteiger partial charge is 0.252 e. The molecule has 4 rings (SSSR count). The van der Waals surface area contributed by atoms with Crippen LogP contribution in [0.2, 0.25) is 0 Å². The Morgan fingerprint density at radius 1 is 1.06 bits per heavy atom. The van der Waals surface area contributed by atoms with Crippen molar-refractivity contribution in [3.63, 3.8) is 0 Å². The van der Waals surface area contributed by atoms with Gasteiger partial charge in [0.2, 0.25) is 0 Å². The third-order valence-electron chi connectivity index (χ3n) is 5.35. The quantitative estimate of drug-likeness (QED) is 0.367. The van der Waals surface area contributed by atoms with E-state index in [0.29, 0.717) is 40.1 Å². The summed E-state index contributed by atoms with van der Waals surface area (Å²) in [5.74, 6) is 0.224. The summed E-state index contributed by atoms with van der Waals surface area (Å²) in [6.45, 7) is 2.72. The lowest BCUT2D eigenvalue weighted by atomic mass is 10.0. The number of H-pyrrole nitrogens is 1. The second kappa shape index (κ2) is 9.60. The van der Waals surface area contributed by atoms with Crippen LogP contribution < -0.4 is 10.1 Å². The highest BCUT2D eigenvalue weighted by Crippen LogP contribution is 2.32. The Kier molecular flexibility index (Phi) is 6.44. The van der Waals surface area contributed by atoms with Gasteiger partial charge in [0.25, 0.3) is 5.91 Å². The van der Waals surface area contributed by atoms with Crippen LogP contribution in [0.5, 0.6) is 5.75 Å². The van der Waals surface area contributed by atoms with E-state index < -0.39 is 0 Å². The average molecular weight is 432 g/mol. The second-order valence-electron chi connectivity index (χ2n) is 7.55. The Morgan fingerprint density at radius 2 is 1.78 bits per heavy atom. The molecule has 6 nitrogen and oxygen atoms in total. The van der Waals surface area contributed by atoms with E-state index in [-0.39, 0.29) is 11.7 Å². The number of benzene rings is 2. The van der Waals surface area contributed by atoms with Gasteiger partial charge in [-0.05, 0) is 61.0 Å². The van der Waals surface area contributed by atoms with Gasteiger partial charge >= 0.3 is 0 Å². The van der Waals surface area contributed by atoms with Crippen LogP contribution in [0.3, 0.4) is 0 Å². The van der Waals surface area contributed by atoms with Crippen LogP contribution in [-0.4, -0.2) is 34.7 Å². The summed E-state index contributed by atoms with van der Waals surface area (Å²) in [6.07, 6.45) is 3.04. The maximum Gasteiger partial charge on any atom is 0.252 e. The number of fused-ring (bicyclic) bond motifs is 1. The molecule has 2 aromatic heterocycles. The third kappa shape index (κ3) is 4.46. The van der Waals surface area contributed by atoms with Crippen molar-refractivity contribution >= 4 is 16.9 Å². The Morgan fingerprint density at radius 3 is 2.47 bits per heavy atom. The number of pyridine rings is 1. The third-order valence-corrected chi connectivity index (χ3v) is 5.35. The van der Waals surface area contributed by atoms with Gasteiger partial charge in [0.1, 0.15) is 11.6 Å². The summed E-state index contributed by atoms with van der Waals surface area (Å²) in [7, 11) is 1.61. The molecule has 2 N–H and O–H groups in total. The molecule has 0 aliphatic rings. The fourth-order valence-electron chi connectivity index (χ4n) is 3.61. The van der Waals surface area contributed by atoms with Crippen LogP contribution in [0.25, 0.3) is 33.5 Å². The molecule has 0 bridgehead atoms. The first-order valence-electron chi connectivity index (χ1n) is 10.7. The van der Waals surface area contributed by atoms with E-state index in [1.165, 1.54) is 12.1 Å². The monoisotopic (exact) mass is 432 g/mol. The molecular formula is C25H25FN4O2. The van der Waals surface area contributed by atoms with Crippen molar-refractivity contribution in [2.45, 2.75) is 26.2 Å². The molecule has 0 aliphatic carbocycles. The number of hydrogen-bond donors (Lipinski definition) is 2. The molecular weight excluding hydrogens is 407 g/mol.